The molecule has 0 bridgehead atoms. The normalized spacial score (nSPS) is 19.5. The summed E-state index contributed by atoms with van der Waals surface area (Å²) < 4.78 is 0. The second-order valence-corrected chi connectivity index (χ2v) is 8.72. The highest BCUT2D eigenvalue weighted by Gasteiger charge is 2.45. The lowest BCUT2D eigenvalue weighted by atomic mass is 9.77. The van der Waals surface area contributed by atoms with Crippen LogP contribution in [-0.2, 0) is 16.1 Å². The summed E-state index contributed by atoms with van der Waals surface area (Å²) in [5.41, 5.74) is 1.06. The number of piperidine rings is 1. The maximum Gasteiger partial charge on any atom is 0.236 e. The number of carbonyl (C=O) groups is 2. The zero-order chi connectivity index (χ0) is 19.4. The van der Waals surface area contributed by atoms with Crippen LogP contribution in [0.15, 0.2) is 24.4 Å². The first-order valence-electron chi connectivity index (χ1n) is 10.0. The molecule has 0 unspecified atom stereocenters. The van der Waals surface area contributed by atoms with Gasteiger partial charge < -0.3 is 9.80 Å². The standard InChI is InChI=1S/C21H32N4O2/c1-17(2)13-25-16-21(12-19(25)26)7-10-24(11-8-21)20(27)15-23(3)14-18-6-4-5-9-22-18/h4-6,9,17H,7-8,10-16H2,1-3H3. The lowest BCUT2D eigenvalue weighted by molar-refractivity contribution is -0.134. The maximum atomic E-state index is 12.7. The summed E-state index contributed by atoms with van der Waals surface area (Å²) in [6.45, 7) is 8.62. The summed E-state index contributed by atoms with van der Waals surface area (Å²) in [6.07, 6.45) is 4.30. The molecule has 0 N–H and O–H groups in total. The van der Waals surface area contributed by atoms with Crippen molar-refractivity contribution in [3.05, 3.63) is 30.1 Å². The van der Waals surface area contributed by atoms with Crippen LogP contribution in [0.5, 0.6) is 0 Å². The first-order chi connectivity index (χ1) is 12.9. The Morgan fingerprint density at radius 1 is 1.30 bits per heavy atom. The molecule has 0 saturated carbocycles. The summed E-state index contributed by atoms with van der Waals surface area (Å²) in [5.74, 6) is 0.964. The summed E-state index contributed by atoms with van der Waals surface area (Å²) in [4.78, 5) is 35.3. The number of carbonyl (C=O) groups excluding carboxylic acids is 2. The zero-order valence-corrected chi connectivity index (χ0v) is 16.9. The van der Waals surface area contributed by atoms with Gasteiger partial charge in [-0.05, 0) is 37.9 Å². The van der Waals surface area contributed by atoms with Crippen LogP contribution in [0.25, 0.3) is 0 Å². The summed E-state index contributed by atoms with van der Waals surface area (Å²) in [5, 5.41) is 0. The first-order valence-corrected chi connectivity index (χ1v) is 10.0. The number of pyridine rings is 1. The predicted octanol–water partition coefficient (Wildman–Crippen LogP) is 2.01. The van der Waals surface area contributed by atoms with E-state index in [-0.39, 0.29) is 11.3 Å². The molecule has 0 aromatic carbocycles. The Balaban J connectivity index is 1.47. The Morgan fingerprint density at radius 2 is 2.04 bits per heavy atom. The number of hydrogen-bond acceptors (Lipinski definition) is 4. The third-order valence-electron chi connectivity index (χ3n) is 5.73. The van der Waals surface area contributed by atoms with Crippen molar-refractivity contribution < 1.29 is 9.59 Å². The van der Waals surface area contributed by atoms with E-state index in [1.807, 2.05) is 39.9 Å². The highest BCUT2D eigenvalue weighted by atomic mass is 16.2. The molecule has 6 heteroatoms. The van der Waals surface area contributed by atoms with E-state index >= 15 is 0 Å². The number of amides is 2. The highest BCUT2D eigenvalue weighted by Crippen LogP contribution is 2.41. The minimum atomic E-state index is 0.0859. The van der Waals surface area contributed by atoms with Crippen LogP contribution < -0.4 is 0 Å². The monoisotopic (exact) mass is 372 g/mol. The average molecular weight is 373 g/mol. The van der Waals surface area contributed by atoms with E-state index in [0.29, 0.717) is 31.3 Å². The molecule has 27 heavy (non-hydrogen) atoms. The van der Waals surface area contributed by atoms with Crippen LogP contribution in [0.4, 0.5) is 0 Å². The van der Waals surface area contributed by atoms with Crippen LogP contribution in [0.2, 0.25) is 0 Å². The highest BCUT2D eigenvalue weighted by molar-refractivity contribution is 5.80. The van der Waals surface area contributed by atoms with E-state index in [2.05, 4.69) is 18.8 Å². The van der Waals surface area contributed by atoms with Crippen molar-refractivity contribution in [1.82, 2.24) is 19.7 Å². The van der Waals surface area contributed by atoms with Gasteiger partial charge in [0.2, 0.25) is 11.8 Å². The lowest BCUT2D eigenvalue weighted by Crippen LogP contribution is -2.47. The molecular weight excluding hydrogens is 340 g/mol. The Labute approximate surface area is 162 Å². The number of hydrogen-bond donors (Lipinski definition) is 0. The fourth-order valence-corrected chi connectivity index (χ4v) is 4.31. The molecule has 148 valence electrons. The van der Waals surface area contributed by atoms with Crippen molar-refractivity contribution in [1.29, 1.82) is 0 Å². The van der Waals surface area contributed by atoms with Crippen molar-refractivity contribution in [2.45, 2.75) is 39.7 Å². The fourth-order valence-electron chi connectivity index (χ4n) is 4.31. The van der Waals surface area contributed by atoms with Crippen molar-refractivity contribution in [3.63, 3.8) is 0 Å². The Morgan fingerprint density at radius 3 is 2.67 bits per heavy atom. The van der Waals surface area contributed by atoms with Crippen LogP contribution in [-0.4, -0.2) is 71.3 Å². The van der Waals surface area contributed by atoms with Crippen LogP contribution in [0.3, 0.4) is 0 Å². The van der Waals surface area contributed by atoms with Crippen LogP contribution >= 0.6 is 0 Å². The van der Waals surface area contributed by atoms with Gasteiger partial charge in [-0.25, -0.2) is 0 Å². The minimum Gasteiger partial charge on any atom is -0.342 e. The molecule has 1 spiro atoms. The topological polar surface area (TPSA) is 56.8 Å². The van der Waals surface area contributed by atoms with Gasteiger partial charge >= 0.3 is 0 Å². The molecule has 2 amide bonds. The van der Waals surface area contributed by atoms with Gasteiger partial charge in [0.1, 0.15) is 0 Å². The molecule has 3 rings (SSSR count). The molecule has 2 aliphatic heterocycles. The molecule has 0 radical (unpaired) electrons. The molecule has 2 saturated heterocycles. The maximum absolute atomic E-state index is 12.7. The Kier molecular flexibility index (Phi) is 6.15. The minimum absolute atomic E-state index is 0.0859. The third kappa shape index (κ3) is 5.06. The van der Waals surface area contributed by atoms with E-state index in [9.17, 15) is 9.59 Å². The zero-order valence-electron chi connectivity index (χ0n) is 16.9. The molecule has 2 fully saturated rings. The first kappa shape index (κ1) is 19.8. The number of nitrogens with zero attached hydrogens (tertiary/aromatic N) is 4. The second-order valence-electron chi connectivity index (χ2n) is 8.72. The number of likely N-dealkylation sites (N-methyl/N-ethyl adjacent to an activating group) is 1. The van der Waals surface area contributed by atoms with Gasteiger partial charge in [0.05, 0.1) is 12.2 Å². The molecule has 6 nitrogen and oxygen atoms in total. The van der Waals surface area contributed by atoms with Crippen molar-refractivity contribution >= 4 is 11.8 Å². The van der Waals surface area contributed by atoms with Crippen LogP contribution in [0, 0.1) is 11.3 Å². The smallest absolute Gasteiger partial charge is 0.236 e. The van der Waals surface area contributed by atoms with Gasteiger partial charge in [-0.2, -0.15) is 0 Å². The lowest BCUT2D eigenvalue weighted by Gasteiger charge is -2.39. The quantitative estimate of drug-likeness (QED) is 0.767. The number of rotatable bonds is 6. The van der Waals surface area contributed by atoms with Gasteiger partial charge in [-0.15, -0.1) is 0 Å². The molecule has 0 atom stereocenters. The van der Waals surface area contributed by atoms with Gasteiger partial charge in [-0.3, -0.25) is 19.5 Å². The van der Waals surface area contributed by atoms with Gasteiger partial charge in [0.15, 0.2) is 0 Å². The van der Waals surface area contributed by atoms with Crippen molar-refractivity contribution in [2.75, 3.05) is 39.8 Å². The van der Waals surface area contributed by atoms with Gasteiger partial charge in [-0.1, -0.05) is 19.9 Å². The van der Waals surface area contributed by atoms with E-state index < -0.39 is 0 Å². The summed E-state index contributed by atoms with van der Waals surface area (Å²) in [7, 11) is 1.96. The molecule has 1 aromatic rings. The van der Waals surface area contributed by atoms with Crippen molar-refractivity contribution in [3.8, 4) is 0 Å². The average Bonchev–Trinajstić information content (AvgIpc) is 2.90. The SMILES string of the molecule is CC(C)CN1CC2(CCN(C(=O)CN(C)Cc3ccccn3)CC2)CC1=O. The fraction of sp³-hybridized carbons (Fsp3) is 0.667. The van der Waals surface area contributed by atoms with Gasteiger partial charge in [0, 0.05) is 50.8 Å². The van der Waals surface area contributed by atoms with E-state index in [1.54, 1.807) is 6.20 Å². The molecule has 2 aliphatic rings. The molecule has 3 heterocycles. The van der Waals surface area contributed by atoms with E-state index in [4.69, 9.17) is 0 Å². The predicted molar refractivity (Wildman–Crippen MR) is 105 cm³/mol. The Hall–Kier alpha value is -1.95. The van der Waals surface area contributed by atoms with E-state index in [0.717, 1.165) is 44.7 Å². The van der Waals surface area contributed by atoms with Crippen molar-refractivity contribution in [2.24, 2.45) is 11.3 Å². The summed E-state index contributed by atoms with van der Waals surface area (Å²) in [6, 6.07) is 5.84. The Bertz CT molecular complexity index is 653. The van der Waals surface area contributed by atoms with Gasteiger partial charge in [0.25, 0.3) is 0 Å². The number of aromatic nitrogens is 1. The van der Waals surface area contributed by atoms with E-state index in [1.165, 1.54) is 0 Å². The molecule has 1 aromatic heterocycles. The molecular formula is C21H32N4O2. The largest absolute Gasteiger partial charge is 0.342 e. The van der Waals surface area contributed by atoms with Crippen LogP contribution in [0.1, 0.15) is 38.8 Å². The molecule has 0 aliphatic carbocycles. The third-order valence-corrected chi connectivity index (χ3v) is 5.73. The number of likely N-dealkylation sites (tertiary alicyclic amines) is 2. The summed E-state index contributed by atoms with van der Waals surface area (Å²) >= 11 is 0. The second kappa shape index (κ2) is 8.38.